The van der Waals surface area contributed by atoms with Crippen molar-refractivity contribution in [3.8, 4) is 0 Å². The number of nitrogens with one attached hydrogen (secondary N) is 1. The van der Waals surface area contributed by atoms with Crippen molar-refractivity contribution in [2.45, 2.75) is 52.6 Å². The third-order valence-corrected chi connectivity index (χ3v) is 6.58. The van der Waals surface area contributed by atoms with Gasteiger partial charge in [0.1, 0.15) is 6.04 Å². The lowest BCUT2D eigenvalue weighted by atomic mass is 10.1. The van der Waals surface area contributed by atoms with Crippen LogP contribution in [0, 0.1) is 6.92 Å². The van der Waals surface area contributed by atoms with Crippen LogP contribution in [0.1, 0.15) is 44.2 Å². The smallest absolute Gasteiger partial charge is 0.242 e. The summed E-state index contributed by atoms with van der Waals surface area (Å²) in [5.74, 6) is -0.379. The maximum Gasteiger partial charge on any atom is 0.242 e. The van der Waals surface area contributed by atoms with Gasteiger partial charge in [-0.05, 0) is 44.4 Å². The molecule has 7 nitrogen and oxygen atoms in total. The molecule has 1 atom stereocenters. The Labute approximate surface area is 197 Å². The van der Waals surface area contributed by atoms with E-state index in [-0.39, 0.29) is 24.8 Å². The van der Waals surface area contributed by atoms with E-state index in [0.717, 1.165) is 23.8 Å². The Hall–Kier alpha value is -2.87. The number of carbonyl (C=O) groups is 2. The highest BCUT2D eigenvalue weighted by atomic mass is 32.2. The van der Waals surface area contributed by atoms with Crippen molar-refractivity contribution in [3.63, 3.8) is 0 Å². The number of aryl methyl sites for hydroxylation is 1. The molecule has 0 spiro atoms. The molecule has 1 unspecified atom stereocenters. The first-order valence-corrected chi connectivity index (χ1v) is 13.1. The maximum atomic E-state index is 13.2. The number of amides is 2. The van der Waals surface area contributed by atoms with E-state index in [1.54, 1.807) is 36.1 Å². The second-order valence-electron chi connectivity index (χ2n) is 8.25. The number of carbonyl (C=O) groups excluding carboxylic acids is 2. The first-order chi connectivity index (χ1) is 15.6. The van der Waals surface area contributed by atoms with Gasteiger partial charge in [-0.25, -0.2) is 8.42 Å². The normalized spacial score (nSPS) is 12.1. The molecule has 2 aromatic carbocycles. The summed E-state index contributed by atoms with van der Waals surface area (Å²) >= 11 is 0. The van der Waals surface area contributed by atoms with Crippen LogP contribution in [0.25, 0.3) is 0 Å². The van der Waals surface area contributed by atoms with Crippen molar-refractivity contribution in [2.75, 3.05) is 23.7 Å². The summed E-state index contributed by atoms with van der Waals surface area (Å²) in [5.41, 5.74) is 2.62. The number of rotatable bonds is 12. The molecule has 0 bridgehead atoms. The predicted molar refractivity (Wildman–Crippen MR) is 132 cm³/mol. The number of nitrogens with zero attached hydrogens (tertiary/aromatic N) is 2. The standard InChI is InChI=1S/C25H35N3O4S/c1-5-17-26-25(30)21(3)27(19-22-15-13-20(2)14-16-22)24(29)12-9-18-28(33(4,31)32)23-10-7-6-8-11-23/h6-8,10-11,13-16,21H,5,9,12,17-19H2,1-4H3,(H,26,30). The van der Waals surface area contributed by atoms with Crippen molar-refractivity contribution in [1.82, 2.24) is 10.2 Å². The van der Waals surface area contributed by atoms with Crippen LogP contribution in [0.4, 0.5) is 5.69 Å². The van der Waals surface area contributed by atoms with Gasteiger partial charge in [0.05, 0.1) is 11.9 Å². The molecule has 0 saturated heterocycles. The van der Waals surface area contributed by atoms with Gasteiger partial charge in [-0.2, -0.15) is 0 Å². The Morgan fingerprint density at radius 1 is 1.03 bits per heavy atom. The molecule has 0 aromatic heterocycles. The first-order valence-electron chi connectivity index (χ1n) is 11.3. The highest BCUT2D eigenvalue weighted by Gasteiger charge is 2.26. The monoisotopic (exact) mass is 473 g/mol. The van der Waals surface area contributed by atoms with Crippen LogP contribution >= 0.6 is 0 Å². The molecule has 0 aliphatic carbocycles. The number of anilines is 1. The Morgan fingerprint density at radius 2 is 1.67 bits per heavy atom. The van der Waals surface area contributed by atoms with E-state index in [0.29, 0.717) is 25.2 Å². The second kappa shape index (κ2) is 12.4. The Kier molecular flexibility index (Phi) is 9.91. The van der Waals surface area contributed by atoms with E-state index in [1.165, 1.54) is 4.31 Å². The van der Waals surface area contributed by atoms with Gasteiger partial charge < -0.3 is 10.2 Å². The Bertz CT molecular complexity index is 1010. The molecule has 8 heteroatoms. The van der Waals surface area contributed by atoms with E-state index in [4.69, 9.17) is 0 Å². The van der Waals surface area contributed by atoms with Crippen LogP contribution in [0.5, 0.6) is 0 Å². The van der Waals surface area contributed by atoms with Crippen molar-refractivity contribution in [1.29, 1.82) is 0 Å². The minimum atomic E-state index is -3.48. The van der Waals surface area contributed by atoms with Crippen LogP contribution in [0.15, 0.2) is 54.6 Å². The summed E-state index contributed by atoms with van der Waals surface area (Å²) < 4.78 is 25.9. The zero-order valence-corrected chi connectivity index (χ0v) is 20.8. The topological polar surface area (TPSA) is 86.8 Å². The van der Waals surface area contributed by atoms with Crippen LogP contribution in [0.2, 0.25) is 0 Å². The molecule has 1 N–H and O–H groups in total. The van der Waals surface area contributed by atoms with Gasteiger partial charge in [0, 0.05) is 26.1 Å². The van der Waals surface area contributed by atoms with Crippen LogP contribution in [0.3, 0.4) is 0 Å². The third-order valence-electron chi connectivity index (χ3n) is 5.39. The molecule has 33 heavy (non-hydrogen) atoms. The van der Waals surface area contributed by atoms with Crippen molar-refractivity contribution < 1.29 is 18.0 Å². The summed E-state index contributed by atoms with van der Waals surface area (Å²) in [5, 5.41) is 2.86. The molecule has 0 heterocycles. The number of sulfonamides is 1. The number of para-hydroxylation sites is 1. The lowest BCUT2D eigenvalue weighted by Crippen LogP contribution is -2.47. The lowest BCUT2D eigenvalue weighted by molar-refractivity contribution is -0.140. The highest BCUT2D eigenvalue weighted by molar-refractivity contribution is 7.92. The summed E-state index contributed by atoms with van der Waals surface area (Å²) in [6.45, 7) is 6.74. The minimum Gasteiger partial charge on any atom is -0.354 e. The highest BCUT2D eigenvalue weighted by Crippen LogP contribution is 2.18. The minimum absolute atomic E-state index is 0.135. The van der Waals surface area contributed by atoms with Gasteiger partial charge in [-0.3, -0.25) is 13.9 Å². The zero-order chi connectivity index (χ0) is 24.4. The lowest BCUT2D eigenvalue weighted by Gasteiger charge is -2.29. The van der Waals surface area contributed by atoms with Gasteiger partial charge in [0.2, 0.25) is 21.8 Å². The van der Waals surface area contributed by atoms with Crippen molar-refractivity contribution in [3.05, 3.63) is 65.7 Å². The molecule has 2 amide bonds. The largest absolute Gasteiger partial charge is 0.354 e. The average molecular weight is 474 g/mol. The molecule has 0 aliphatic rings. The molecular weight excluding hydrogens is 438 g/mol. The zero-order valence-electron chi connectivity index (χ0n) is 20.0. The first kappa shape index (κ1) is 26.4. The number of hydrogen-bond acceptors (Lipinski definition) is 4. The van der Waals surface area contributed by atoms with E-state index < -0.39 is 16.1 Å². The van der Waals surface area contributed by atoms with Gasteiger partial charge >= 0.3 is 0 Å². The third kappa shape index (κ3) is 8.20. The van der Waals surface area contributed by atoms with Gasteiger partial charge in [-0.15, -0.1) is 0 Å². The van der Waals surface area contributed by atoms with Gasteiger partial charge in [0.25, 0.3) is 0 Å². The number of benzene rings is 2. The number of hydrogen-bond donors (Lipinski definition) is 1. The summed E-state index contributed by atoms with van der Waals surface area (Å²) in [7, 11) is -3.48. The second-order valence-corrected chi connectivity index (χ2v) is 10.2. The van der Waals surface area contributed by atoms with E-state index in [2.05, 4.69) is 5.32 Å². The quantitative estimate of drug-likeness (QED) is 0.511. The fourth-order valence-electron chi connectivity index (χ4n) is 3.47. The molecule has 0 fully saturated rings. The van der Waals surface area contributed by atoms with E-state index in [1.807, 2.05) is 44.2 Å². The van der Waals surface area contributed by atoms with E-state index >= 15 is 0 Å². The molecule has 2 aromatic rings. The van der Waals surface area contributed by atoms with Gasteiger partial charge in [0.15, 0.2) is 0 Å². The summed E-state index contributed by atoms with van der Waals surface area (Å²) in [6, 6.07) is 16.1. The molecule has 180 valence electrons. The summed E-state index contributed by atoms with van der Waals surface area (Å²) in [6.07, 6.45) is 2.45. The molecule has 0 saturated carbocycles. The van der Waals surface area contributed by atoms with Crippen molar-refractivity contribution >= 4 is 27.5 Å². The molecule has 0 aliphatic heterocycles. The SMILES string of the molecule is CCCNC(=O)C(C)N(Cc1ccc(C)cc1)C(=O)CCCN(c1ccccc1)S(C)(=O)=O. The van der Waals surface area contributed by atoms with Crippen LogP contribution in [-0.4, -0.2) is 50.5 Å². The van der Waals surface area contributed by atoms with Crippen LogP contribution < -0.4 is 9.62 Å². The van der Waals surface area contributed by atoms with E-state index in [9.17, 15) is 18.0 Å². The van der Waals surface area contributed by atoms with Crippen molar-refractivity contribution in [2.24, 2.45) is 0 Å². The molecule has 2 rings (SSSR count). The summed E-state index contributed by atoms with van der Waals surface area (Å²) in [4.78, 5) is 27.4. The maximum absolute atomic E-state index is 13.2. The molecule has 0 radical (unpaired) electrons. The van der Waals surface area contributed by atoms with Crippen LogP contribution in [-0.2, 0) is 26.2 Å². The fourth-order valence-corrected chi connectivity index (χ4v) is 4.43. The Morgan fingerprint density at radius 3 is 2.24 bits per heavy atom. The van der Waals surface area contributed by atoms with Gasteiger partial charge in [-0.1, -0.05) is 55.0 Å². The Balaban J connectivity index is 2.12. The average Bonchev–Trinajstić information content (AvgIpc) is 2.79. The molecular formula is C25H35N3O4S. The fraction of sp³-hybridized carbons (Fsp3) is 0.440. The predicted octanol–water partition coefficient (Wildman–Crippen LogP) is 3.48.